The Morgan fingerprint density at radius 2 is 1.64 bits per heavy atom. The van der Waals surface area contributed by atoms with E-state index in [1.807, 2.05) is 6.07 Å². The lowest BCUT2D eigenvalue weighted by Gasteiger charge is -2.14. The maximum Gasteiger partial charge on any atom is 0.405 e. The lowest BCUT2D eigenvalue weighted by molar-refractivity contribution is -0.115. The molecule has 0 fully saturated rings. The fourth-order valence-electron chi connectivity index (χ4n) is 1.98. The van der Waals surface area contributed by atoms with E-state index in [0.717, 1.165) is 0 Å². The molecule has 0 aromatic heterocycles. The molecule has 0 aliphatic heterocycles. The molecule has 2 aromatic carbocycles. The molecular weight excluding hydrogens is 333 g/mol. The van der Waals surface area contributed by atoms with Gasteiger partial charge in [-0.15, -0.1) is 0 Å². The van der Waals surface area contributed by atoms with Gasteiger partial charge in [-0.1, -0.05) is 12.1 Å². The molecule has 130 valence electrons. The van der Waals surface area contributed by atoms with Crippen LogP contribution < -0.4 is 16.0 Å². The maximum absolute atomic E-state index is 12.3. The van der Waals surface area contributed by atoms with Gasteiger partial charge in [0.15, 0.2) is 0 Å². The number of carbonyl (C=O) groups excluding carboxylic acids is 1. The second kappa shape index (κ2) is 8.06. The van der Waals surface area contributed by atoms with E-state index >= 15 is 0 Å². The maximum atomic E-state index is 12.3. The quantitative estimate of drug-likeness (QED) is 0.746. The molecule has 0 spiro atoms. The summed E-state index contributed by atoms with van der Waals surface area (Å²) in [6.45, 7) is -1.26. The highest BCUT2D eigenvalue weighted by Crippen LogP contribution is 2.23. The number of nitrogens with zero attached hydrogens (tertiary/aromatic N) is 1. The van der Waals surface area contributed by atoms with Crippen molar-refractivity contribution in [1.29, 1.82) is 5.26 Å². The number of hydrogen-bond donors (Lipinski definition) is 3. The molecule has 3 N–H and O–H groups in total. The summed E-state index contributed by atoms with van der Waals surface area (Å²) in [6, 6.07) is 14.7. The number of benzene rings is 2. The third-order valence-electron chi connectivity index (χ3n) is 3.15. The molecule has 0 radical (unpaired) electrons. The molecule has 0 aliphatic carbocycles. The summed E-state index contributed by atoms with van der Waals surface area (Å²) >= 11 is 0. The van der Waals surface area contributed by atoms with Crippen molar-refractivity contribution >= 4 is 23.0 Å². The zero-order valence-corrected chi connectivity index (χ0v) is 13.0. The van der Waals surface area contributed by atoms with Crippen molar-refractivity contribution in [2.75, 3.05) is 29.0 Å². The Morgan fingerprint density at radius 3 is 2.24 bits per heavy atom. The van der Waals surface area contributed by atoms with Crippen LogP contribution in [0.2, 0.25) is 0 Å². The molecular formula is C17H15F3N4O. The van der Waals surface area contributed by atoms with Crippen LogP contribution >= 0.6 is 0 Å². The highest BCUT2D eigenvalue weighted by Gasteiger charge is 2.27. The summed E-state index contributed by atoms with van der Waals surface area (Å²) in [5.74, 6) is -0.411. The number of rotatable bonds is 6. The van der Waals surface area contributed by atoms with Gasteiger partial charge in [-0.2, -0.15) is 18.4 Å². The zero-order valence-electron chi connectivity index (χ0n) is 13.0. The summed E-state index contributed by atoms with van der Waals surface area (Å²) in [4.78, 5) is 12.0. The van der Waals surface area contributed by atoms with Gasteiger partial charge in [-0.05, 0) is 36.4 Å². The van der Waals surface area contributed by atoms with Crippen LogP contribution in [0.4, 0.5) is 30.2 Å². The SMILES string of the molecule is N#Cc1ccc(NCC(=O)Nc2ccccc2NCC(F)(F)F)cc1. The van der Waals surface area contributed by atoms with E-state index in [1.54, 1.807) is 36.4 Å². The first-order valence-corrected chi connectivity index (χ1v) is 7.31. The molecule has 0 unspecified atom stereocenters. The molecule has 0 saturated heterocycles. The second-order valence-corrected chi connectivity index (χ2v) is 5.11. The standard InChI is InChI=1S/C17H15F3N4O/c18-17(19,20)11-23-14-3-1-2-4-15(14)24-16(25)10-22-13-7-5-12(9-21)6-8-13/h1-8,22-23H,10-11H2,(H,24,25). The predicted molar refractivity (Wildman–Crippen MR) is 89.3 cm³/mol. The van der Waals surface area contributed by atoms with Crippen LogP contribution in [0.15, 0.2) is 48.5 Å². The van der Waals surface area contributed by atoms with E-state index in [-0.39, 0.29) is 17.9 Å². The number of halogens is 3. The average Bonchev–Trinajstić information content (AvgIpc) is 2.59. The lowest BCUT2D eigenvalue weighted by Crippen LogP contribution is -2.24. The fraction of sp³-hybridized carbons (Fsp3) is 0.176. The van der Waals surface area contributed by atoms with Crippen molar-refractivity contribution in [3.05, 3.63) is 54.1 Å². The van der Waals surface area contributed by atoms with Gasteiger partial charge < -0.3 is 16.0 Å². The van der Waals surface area contributed by atoms with Gasteiger partial charge >= 0.3 is 6.18 Å². The number of nitrogens with one attached hydrogen (secondary N) is 3. The molecule has 0 atom stereocenters. The van der Waals surface area contributed by atoms with E-state index in [2.05, 4.69) is 16.0 Å². The third-order valence-corrected chi connectivity index (χ3v) is 3.15. The van der Waals surface area contributed by atoms with Gasteiger partial charge in [0.05, 0.1) is 29.6 Å². The Labute approximate surface area is 142 Å². The molecule has 2 aromatic rings. The van der Waals surface area contributed by atoms with Crippen molar-refractivity contribution in [3.8, 4) is 6.07 Å². The first-order valence-electron chi connectivity index (χ1n) is 7.31. The summed E-state index contributed by atoms with van der Waals surface area (Å²) in [6.07, 6.45) is -4.35. The summed E-state index contributed by atoms with van der Waals surface area (Å²) < 4.78 is 37.0. The summed E-state index contributed by atoms with van der Waals surface area (Å²) in [7, 11) is 0. The topological polar surface area (TPSA) is 77.0 Å². The fourth-order valence-corrected chi connectivity index (χ4v) is 1.98. The minimum absolute atomic E-state index is 0.0699. The van der Waals surface area contributed by atoms with Crippen LogP contribution in [-0.2, 0) is 4.79 Å². The van der Waals surface area contributed by atoms with Gasteiger partial charge in [0.1, 0.15) is 6.54 Å². The smallest absolute Gasteiger partial charge is 0.376 e. The number of hydrogen-bond acceptors (Lipinski definition) is 4. The van der Waals surface area contributed by atoms with Crippen molar-refractivity contribution in [1.82, 2.24) is 0 Å². The second-order valence-electron chi connectivity index (χ2n) is 5.11. The highest BCUT2D eigenvalue weighted by atomic mass is 19.4. The Morgan fingerprint density at radius 1 is 1.00 bits per heavy atom. The number of para-hydroxylation sites is 2. The van der Waals surface area contributed by atoms with Gasteiger partial charge in [0.2, 0.25) is 5.91 Å². The van der Waals surface area contributed by atoms with Gasteiger partial charge in [-0.3, -0.25) is 4.79 Å². The van der Waals surface area contributed by atoms with Crippen LogP contribution in [-0.4, -0.2) is 25.2 Å². The molecule has 0 saturated carbocycles. The molecule has 0 bridgehead atoms. The molecule has 5 nitrogen and oxygen atoms in total. The van der Waals surface area contributed by atoms with Crippen LogP contribution in [0, 0.1) is 11.3 Å². The van der Waals surface area contributed by atoms with Crippen molar-refractivity contribution in [2.24, 2.45) is 0 Å². The molecule has 25 heavy (non-hydrogen) atoms. The van der Waals surface area contributed by atoms with Crippen LogP contribution in [0.3, 0.4) is 0 Å². The lowest BCUT2D eigenvalue weighted by atomic mass is 10.2. The van der Waals surface area contributed by atoms with Crippen LogP contribution in [0.1, 0.15) is 5.56 Å². The Kier molecular flexibility index (Phi) is 5.84. The van der Waals surface area contributed by atoms with Crippen molar-refractivity contribution in [3.63, 3.8) is 0 Å². The summed E-state index contributed by atoms with van der Waals surface area (Å²) in [5, 5.41) is 16.4. The predicted octanol–water partition coefficient (Wildman–Crippen LogP) is 3.58. The third kappa shape index (κ3) is 6.06. The first-order chi connectivity index (χ1) is 11.9. The number of alkyl halides is 3. The number of carbonyl (C=O) groups is 1. The Bertz CT molecular complexity index is 767. The Balaban J connectivity index is 1.92. The molecule has 0 aliphatic rings. The van der Waals surface area contributed by atoms with Crippen molar-refractivity contribution in [2.45, 2.75) is 6.18 Å². The van der Waals surface area contributed by atoms with E-state index in [0.29, 0.717) is 11.3 Å². The molecule has 0 heterocycles. The number of amides is 1. The Hall–Kier alpha value is -3.21. The molecule has 1 amide bonds. The van der Waals surface area contributed by atoms with Gasteiger partial charge in [0, 0.05) is 5.69 Å². The van der Waals surface area contributed by atoms with E-state index in [4.69, 9.17) is 5.26 Å². The van der Waals surface area contributed by atoms with Crippen molar-refractivity contribution < 1.29 is 18.0 Å². The van der Waals surface area contributed by atoms with Crippen LogP contribution in [0.5, 0.6) is 0 Å². The number of anilines is 3. The van der Waals surface area contributed by atoms with E-state index in [9.17, 15) is 18.0 Å². The monoisotopic (exact) mass is 348 g/mol. The van der Waals surface area contributed by atoms with E-state index < -0.39 is 18.6 Å². The first kappa shape index (κ1) is 18.1. The zero-order chi connectivity index (χ0) is 18.3. The minimum Gasteiger partial charge on any atom is -0.376 e. The van der Waals surface area contributed by atoms with Gasteiger partial charge in [-0.25, -0.2) is 0 Å². The van der Waals surface area contributed by atoms with Crippen LogP contribution in [0.25, 0.3) is 0 Å². The minimum atomic E-state index is -4.35. The number of nitriles is 1. The normalized spacial score (nSPS) is 10.6. The summed E-state index contributed by atoms with van der Waals surface area (Å²) in [5.41, 5.74) is 1.60. The van der Waals surface area contributed by atoms with E-state index in [1.165, 1.54) is 12.1 Å². The highest BCUT2D eigenvalue weighted by molar-refractivity contribution is 5.96. The van der Waals surface area contributed by atoms with Gasteiger partial charge in [0.25, 0.3) is 0 Å². The molecule has 8 heteroatoms. The average molecular weight is 348 g/mol. The largest absolute Gasteiger partial charge is 0.405 e. The molecule has 2 rings (SSSR count).